The molecule has 1 fully saturated rings. The van der Waals surface area contributed by atoms with Crippen molar-refractivity contribution in [2.45, 2.75) is 51.6 Å². The van der Waals surface area contributed by atoms with E-state index >= 15 is 4.39 Å². The van der Waals surface area contributed by atoms with Crippen LogP contribution in [-0.4, -0.2) is 47.7 Å². The fourth-order valence-corrected chi connectivity index (χ4v) is 5.59. The minimum atomic E-state index is -1.36. The quantitative estimate of drug-likeness (QED) is 0.186. The number of methoxy groups -OCH3 is 1. The summed E-state index contributed by atoms with van der Waals surface area (Å²) in [6, 6.07) is 6.65. The lowest BCUT2D eigenvalue weighted by Gasteiger charge is -2.40. The third-order valence-electron chi connectivity index (χ3n) is 7.91. The third-order valence-corrected chi connectivity index (χ3v) is 7.91. The Bertz CT molecular complexity index is 1310. The molecule has 3 aromatic rings. The molecule has 0 radical (unpaired) electrons. The molecule has 1 saturated heterocycles. The number of carbonyl (C=O) groups is 1. The van der Waals surface area contributed by atoms with E-state index in [1.54, 1.807) is 43.9 Å². The highest BCUT2D eigenvalue weighted by molar-refractivity contribution is 5.85. The second kappa shape index (κ2) is 12.3. The first-order valence-corrected chi connectivity index (χ1v) is 13.0. The highest BCUT2D eigenvalue weighted by Crippen LogP contribution is 2.41. The van der Waals surface area contributed by atoms with Crippen LogP contribution < -0.4 is 10.2 Å². The van der Waals surface area contributed by atoms with E-state index in [9.17, 15) is 23.2 Å². The standard InChI is InChI=1S/C29H33F4N3O3/c1-18-17-34-26-6-5-20(39-2)16-22(26)27(18)23(31)7-8-29(28(37)35-38)9-12-36(13-10-29)11-3-4-21-24(32)14-19(30)15-25(21)33/h5-6,14-17,23,38H,3-4,7-13H2,1-2H3,(H,35,37)/t23-/m1/s1. The molecule has 2 aromatic carbocycles. The van der Waals surface area contributed by atoms with Crippen molar-refractivity contribution in [3.8, 4) is 5.75 Å². The van der Waals surface area contributed by atoms with Crippen LogP contribution in [0.1, 0.15) is 55.0 Å². The van der Waals surface area contributed by atoms with Crippen molar-refractivity contribution in [1.82, 2.24) is 15.4 Å². The zero-order chi connectivity index (χ0) is 28.2. The van der Waals surface area contributed by atoms with E-state index < -0.39 is 34.9 Å². The number of nitrogens with one attached hydrogen (secondary N) is 1. The van der Waals surface area contributed by atoms with Crippen molar-refractivity contribution >= 4 is 16.8 Å². The molecule has 1 aliphatic heterocycles. The molecule has 0 saturated carbocycles. The second-order valence-electron chi connectivity index (χ2n) is 10.3. The highest BCUT2D eigenvalue weighted by atomic mass is 19.1. The van der Waals surface area contributed by atoms with Gasteiger partial charge in [-0.3, -0.25) is 15.0 Å². The highest BCUT2D eigenvalue weighted by Gasteiger charge is 2.41. The number of amides is 1. The number of benzene rings is 2. The van der Waals surface area contributed by atoms with Crippen molar-refractivity contribution in [2.24, 2.45) is 5.41 Å². The van der Waals surface area contributed by atoms with Gasteiger partial charge in [0.2, 0.25) is 5.91 Å². The van der Waals surface area contributed by atoms with Crippen LogP contribution >= 0.6 is 0 Å². The Morgan fingerprint density at radius 2 is 1.87 bits per heavy atom. The molecule has 39 heavy (non-hydrogen) atoms. The van der Waals surface area contributed by atoms with E-state index in [-0.39, 0.29) is 24.8 Å². The molecule has 0 spiro atoms. The van der Waals surface area contributed by atoms with Crippen molar-refractivity contribution in [3.63, 3.8) is 0 Å². The van der Waals surface area contributed by atoms with Crippen molar-refractivity contribution < 1.29 is 32.3 Å². The molecule has 1 aromatic heterocycles. The molecule has 10 heteroatoms. The minimum Gasteiger partial charge on any atom is -0.497 e. The van der Waals surface area contributed by atoms with Gasteiger partial charge in [0.05, 0.1) is 18.0 Å². The number of hydrogen-bond donors (Lipinski definition) is 2. The molecule has 0 unspecified atom stereocenters. The summed E-state index contributed by atoms with van der Waals surface area (Å²) < 4.78 is 62.1. The summed E-state index contributed by atoms with van der Waals surface area (Å²) in [5.74, 6) is -2.70. The third kappa shape index (κ3) is 6.33. The van der Waals surface area contributed by atoms with Crippen LogP contribution in [0.2, 0.25) is 0 Å². The zero-order valence-electron chi connectivity index (χ0n) is 22.1. The smallest absolute Gasteiger partial charge is 0.249 e. The predicted molar refractivity (Wildman–Crippen MR) is 139 cm³/mol. The van der Waals surface area contributed by atoms with E-state index in [0.717, 1.165) is 0 Å². The topological polar surface area (TPSA) is 74.7 Å². The number of ether oxygens (including phenoxy) is 1. The summed E-state index contributed by atoms with van der Waals surface area (Å²) in [5, 5.41) is 10.1. The Morgan fingerprint density at radius 3 is 2.51 bits per heavy atom. The van der Waals surface area contributed by atoms with Gasteiger partial charge in [-0.1, -0.05) is 0 Å². The average Bonchev–Trinajstić information content (AvgIpc) is 2.93. The lowest BCUT2D eigenvalue weighted by atomic mass is 9.73. The van der Waals surface area contributed by atoms with E-state index in [1.807, 2.05) is 0 Å². The molecular formula is C29H33F4N3O3. The Hall–Kier alpha value is -3.24. The number of nitrogens with zero attached hydrogens (tertiary/aromatic N) is 2. The van der Waals surface area contributed by atoms with Gasteiger partial charge in [0.15, 0.2) is 0 Å². The monoisotopic (exact) mass is 547 g/mol. The lowest BCUT2D eigenvalue weighted by molar-refractivity contribution is -0.143. The van der Waals surface area contributed by atoms with Crippen LogP contribution in [0.5, 0.6) is 5.75 Å². The molecule has 4 rings (SSSR count). The van der Waals surface area contributed by atoms with Gasteiger partial charge in [0.1, 0.15) is 29.4 Å². The molecular weight excluding hydrogens is 514 g/mol. The number of pyridine rings is 1. The summed E-state index contributed by atoms with van der Waals surface area (Å²) in [4.78, 5) is 19.2. The number of hydroxylamine groups is 1. The van der Waals surface area contributed by atoms with Gasteiger partial charge >= 0.3 is 0 Å². The van der Waals surface area contributed by atoms with Gasteiger partial charge in [0.25, 0.3) is 0 Å². The largest absolute Gasteiger partial charge is 0.497 e. The van der Waals surface area contributed by atoms with Gasteiger partial charge < -0.3 is 9.64 Å². The Labute approximate surface area is 224 Å². The number of carbonyl (C=O) groups excluding carboxylic acids is 1. The number of rotatable bonds is 10. The van der Waals surface area contributed by atoms with Crippen LogP contribution in [0.25, 0.3) is 10.9 Å². The first-order valence-electron chi connectivity index (χ1n) is 13.0. The van der Waals surface area contributed by atoms with Gasteiger partial charge in [0, 0.05) is 29.3 Å². The zero-order valence-corrected chi connectivity index (χ0v) is 22.1. The van der Waals surface area contributed by atoms with E-state index in [1.165, 1.54) is 0 Å². The Morgan fingerprint density at radius 1 is 1.18 bits per heavy atom. The number of alkyl halides is 1. The maximum absolute atomic E-state index is 15.8. The van der Waals surface area contributed by atoms with Crippen LogP contribution in [0, 0.1) is 29.8 Å². The molecule has 0 aliphatic carbocycles. The molecule has 1 aliphatic rings. The van der Waals surface area contributed by atoms with Crippen LogP contribution in [0.4, 0.5) is 17.6 Å². The summed E-state index contributed by atoms with van der Waals surface area (Å²) in [5.41, 5.74) is 2.54. The van der Waals surface area contributed by atoms with E-state index in [0.29, 0.717) is 78.8 Å². The fraction of sp³-hybridized carbons (Fsp3) is 0.448. The first-order chi connectivity index (χ1) is 18.7. The predicted octanol–water partition coefficient (Wildman–Crippen LogP) is 5.98. The summed E-state index contributed by atoms with van der Waals surface area (Å²) in [6.45, 7) is 3.34. The van der Waals surface area contributed by atoms with Crippen LogP contribution in [-0.2, 0) is 11.2 Å². The van der Waals surface area contributed by atoms with Crippen molar-refractivity contribution in [2.75, 3.05) is 26.7 Å². The van der Waals surface area contributed by atoms with Gasteiger partial charge in [-0.05, 0) is 94.4 Å². The first kappa shape index (κ1) is 28.8. The molecule has 0 bridgehead atoms. The molecule has 2 N–H and O–H groups in total. The van der Waals surface area contributed by atoms with Crippen molar-refractivity contribution in [1.29, 1.82) is 0 Å². The fourth-order valence-electron chi connectivity index (χ4n) is 5.59. The second-order valence-corrected chi connectivity index (χ2v) is 10.3. The maximum atomic E-state index is 15.8. The van der Waals surface area contributed by atoms with Gasteiger partial charge in [-0.25, -0.2) is 23.0 Å². The van der Waals surface area contributed by atoms with Gasteiger partial charge in [-0.2, -0.15) is 0 Å². The normalized spacial score (nSPS) is 16.3. The number of hydrogen-bond acceptors (Lipinski definition) is 5. The molecule has 1 amide bonds. The summed E-state index contributed by atoms with van der Waals surface area (Å²) >= 11 is 0. The molecule has 6 nitrogen and oxygen atoms in total. The summed E-state index contributed by atoms with van der Waals surface area (Å²) in [7, 11) is 1.54. The lowest BCUT2D eigenvalue weighted by Crippen LogP contribution is -2.48. The number of likely N-dealkylation sites (tertiary alicyclic amines) is 1. The molecule has 1 atom stereocenters. The number of piperidine rings is 1. The Balaban J connectivity index is 1.40. The van der Waals surface area contributed by atoms with E-state index in [2.05, 4.69) is 9.88 Å². The number of halogens is 4. The number of aryl methyl sites for hydroxylation is 1. The summed E-state index contributed by atoms with van der Waals surface area (Å²) in [6.07, 6.45) is 1.94. The molecule has 2 heterocycles. The van der Waals surface area contributed by atoms with Crippen LogP contribution in [0.15, 0.2) is 36.5 Å². The SMILES string of the molecule is COc1ccc2ncc(C)c([C@H](F)CCC3(C(=O)NO)CCN(CCCc4c(F)cc(F)cc4F)CC3)c2c1. The number of aromatic nitrogens is 1. The van der Waals surface area contributed by atoms with Crippen LogP contribution in [0.3, 0.4) is 0 Å². The molecule has 210 valence electrons. The maximum Gasteiger partial charge on any atom is 0.249 e. The Kier molecular flexibility index (Phi) is 9.07. The van der Waals surface area contributed by atoms with E-state index in [4.69, 9.17) is 4.74 Å². The van der Waals surface area contributed by atoms with Gasteiger partial charge in [-0.15, -0.1) is 0 Å². The minimum absolute atomic E-state index is 0.0771. The number of fused-ring (bicyclic) bond motifs is 1. The average molecular weight is 548 g/mol. The van der Waals surface area contributed by atoms with Crippen molar-refractivity contribution in [3.05, 3.63) is 70.7 Å².